The van der Waals surface area contributed by atoms with Crippen molar-refractivity contribution in [2.24, 2.45) is 0 Å². The van der Waals surface area contributed by atoms with Crippen LogP contribution in [0.25, 0.3) is 0 Å². The molecule has 2 heterocycles. The zero-order valence-corrected chi connectivity index (χ0v) is 20.7. The van der Waals surface area contributed by atoms with Crippen LogP contribution in [0, 0.1) is 6.92 Å². The van der Waals surface area contributed by atoms with Gasteiger partial charge in [-0.1, -0.05) is 55.5 Å². The largest absolute Gasteiger partial charge is 0.363 e. The van der Waals surface area contributed by atoms with Crippen molar-refractivity contribution >= 4 is 11.7 Å². The Morgan fingerprint density at radius 3 is 2.39 bits per heavy atom. The average Bonchev–Trinajstić information content (AvgIpc) is 2.84. The minimum atomic E-state index is -0.425. The number of hydrogen-bond acceptors (Lipinski definition) is 5. The first kappa shape index (κ1) is 23.7. The summed E-state index contributed by atoms with van der Waals surface area (Å²) in [7, 11) is 5.95. The molecule has 2 aliphatic rings. The molecule has 2 aromatic rings. The molecule has 4 rings (SSSR count). The molecule has 1 aromatic carbocycles. The molecule has 0 bridgehead atoms. The molecule has 1 atom stereocenters. The second-order valence-corrected chi connectivity index (χ2v) is 10.1. The van der Waals surface area contributed by atoms with Crippen molar-refractivity contribution in [3.63, 3.8) is 0 Å². The van der Waals surface area contributed by atoms with E-state index in [9.17, 15) is 4.79 Å². The lowest BCUT2D eigenvalue weighted by molar-refractivity contribution is -0.138. The van der Waals surface area contributed by atoms with Crippen molar-refractivity contribution in [3.8, 4) is 0 Å². The SMILES string of the molecule is Cc1ccc(C2(C(=O)N(C)Cc3cc(N(C)C)nc([C@@H]4CCCCN4)n3)CCCCC2)cc1. The number of amides is 1. The molecule has 1 aliphatic carbocycles. The van der Waals surface area contributed by atoms with Crippen LogP contribution in [-0.2, 0) is 16.8 Å². The number of hydrogen-bond donors (Lipinski definition) is 1. The fraction of sp³-hybridized carbons (Fsp3) is 0.593. The van der Waals surface area contributed by atoms with Crippen molar-refractivity contribution in [2.75, 3.05) is 32.6 Å². The van der Waals surface area contributed by atoms with Gasteiger partial charge in [0.2, 0.25) is 5.91 Å². The number of carbonyl (C=O) groups is 1. The van der Waals surface area contributed by atoms with Gasteiger partial charge in [0.1, 0.15) is 11.6 Å². The Labute approximate surface area is 198 Å². The van der Waals surface area contributed by atoms with Crippen LogP contribution in [0.2, 0.25) is 0 Å². The van der Waals surface area contributed by atoms with Gasteiger partial charge in [-0.3, -0.25) is 4.79 Å². The van der Waals surface area contributed by atoms with Crippen molar-refractivity contribution in [1.29, 1.82) is 0 Å². The van der Waals surface area contributed by atoms with Gasteiger partial charge in [-0.25, -0.2) is 9.97 Å². The van der Waals surface area contributed by atoms with Crippen LogP contribution in [0.1, 0.15) is 80.1 Å². The number of anilines is 1. The summed E-state index contributed by atoms with van der Waals surface area (Å²) < 4.78 is 0. The number of carbonyl (C=O) groups excluding carboxylic acids is 1. The molecule has 6 heteroatoms. The molecule has 0 unspecified atom stereocenters. The summed E-state index contributed by atoms with van der Waals surface area (Å²) in [5, 5.41) is 3.56. The summed E-state index contributed by atoms with van der Waals surface area (Å²) >= 11 is 0. The van der Waals surface area contributed by atoms with Gasteiger partial charge >= 0.3 is 0 Å². The second kappa shape index (κ2) is 10.2. The van der Waals surface area contributed by atoms with Crippen molar-refractivity contribution in [3.05, 3.63) is 53.0 Å². The summed E-state index contributed by atoms with van der Waals surface area (Å²) in [6.07, 6.45) is 8.70. The normalized spacial score (nSPS) is 20.3. The minimum Gasteiger partial charge on any atom is -0.363 e. The molecule has 0 spiro atoms. The Kier molecular flexibility index (Phi) is 7.32. The number of nitrogens with zero attached hydrogens (tertiary/aromatic N) is 4. The van der Waals surface area contributed by atoms with Gasteiger partial charge in [0.15, 0.2) is 0 Å². The van der Waals surface area contributed by atoms with Crippen molar-refractivity contribution in [1.82, 2.24) is 20.2 Å². The van der Waals surface area contributed by atoms with E-state index in [0.717, 1.165) is 61.5 Å². The maximum absolute atomic E-state index is 14.0. The highest BCUT2D eigenvalue weighted by molar-refractivity contribution is 5.88. The van der Waals surface area contributed by atoms with Crippen molar-refractivity contribution in [2.45, 2.75) is 76.3 Å². The lowest BCUT2D eigenvalue weighted by atomic mass is 9.68. The molecule has 178 valence electrons. The van der Waals surface area contributed by atoms with E-state index in [-0.39, 0.29) is 11.9 Å². The maximum Gasteiger partial charge on any atom is 0.233 e. The van der Waals surface area contributed by atoms with Crippen LogP contribution in [0.4, 0.5) is 5.82 Å². The zero-order valence-electron chi connectivity index (χ0n) is 20.7. The minimum absolute atomic E-state index is 0.190. The third-order valence-electron chi connectivity index (χ3n) is 7.33. The monoisotopic (exact) mass is 449 g/mol. The number of rotatable bonds is 6. The van der Waals surface area contributed by atoms with Gasteiger partial charge in [-0.2, -0.15) is 0 Å². The zero-order chi connectivity index (χ0) is 23.4. The van der Waals surface area contributed by atoms with E-state index in [1.54, 1.807) is 0 Å². The highest BCUT2D eigenvalue weighted by Gasteiger charge is 2.42. The summed E-state index contributed by atoms with van der Waals surface area (Å²) in [6.45, 7) is 3.60. The molecule has 2 fully saturated rings. The number of piperidine rings is 1. The van der Waals surface area contributed by atoms with Crippen LogP contribution in [0.15, 0.2) is 30.3 Å². The van der Waals surface area contributed by atoms with Crippen LogP contribution in [0.3, 0.4) is 0 Å². The quantitative estimate of drug-likeness (QED) is 0.702. The average molecular weight is 450 g/mol. The fourth-order valence-electron chi connectivity index (χ4n) is 5.38. The topological polar surface area (TPSA) is 61.4 Å². The van der Waals surface area contributed by atoms with Gasteiger partial charge in [0.05, 0.1) is 23.7 Å². The number of benzene rings is 1. The summed E-state index contributed by atoms with van der Waals surface area (Å²) in [6, 6.07) is 10.8. The first-order valence-electron chi connectivity index (χ1n) is 12.5. The molecule has 0 radical (unpaired) electrons. The Hall–Kier alpha value is -2.47. The van der Waals surface area contributed by atoms with Gasteiger partial charge < -0.3 is 15.1 Å². The highest BCUT2D eigenvalue weighted by atomic mass is 16.2. The standard InChI is InChI=1S/C27H39N5O/c1-20-11-13-21(14-12-20)27(15-7-5-8-16-27)26(33)32(4)19-22-18-24(31(2)3)30-25(29-22)23-10-6-9-17-28-23/h11-14,18,23,28H,5-10,15-17,19H2,1-4H3/t23-/m0/s1. The fourth-order valence-corrected chi connectivity index (χ4v) is 5.38. The van der Waals surface area contributed by atoms with Gasteiger partial charge in [-0.15, -0.1) is 0 Å². The van der Waals surface area contributed by atoms with E-state index in [1.807, 2.05) is 37.0 Å². The molecule has 33 heavy (non-hydrogen) atoms. The maximum atomic E-state index is 14.0. The summed E-state index contributed by atoms with van der Waals surface area (Å²) in [5.41, 5.74) is 2.87. The summed E-state index contributed by atoms with van der Waals surface area (Å²) in [4.78, 5) is 27.6. The van der Waals surface area contributed by atoms with E-state index in [1.165, 1.54) is 24.8 Å². The molecular weight excluding hydrogens is 410 g/mol. The van der Waals surface area contributed by atoms with Crippen molar-refractivity contribution < 1.29 is 4.79 Å². The van der Waals surface area contributed by atoms with E-state index in [2.05, 4.69) is 36.5 Å². The molecule has 6 nitrogen and oxygen atoms in total. The third-order valence-corrected chi connectivity index (χ3v) is 7.33. The number of aryl methyl sites for hydroxylation is 1. The molecule has 1 aliphatic heterocycles. The third kappa shape index (κ3) is 5.21. The number of likely N-dealkylation sites (N-methyl/N-ethyl adjacent to an activating group) is 1. The van der Waals surface area contributed by atoms with E-state index >= 15 is 0 Å². The molecule has 1 aromatic heterocycles. The number of aromatic nitrogens is 2. The van der Waals surface area contributed by atoms with Crippen LogP contribution >= 0.6 is 0 Å². The molecule has 1 amide bonds. The van der Waals surface area contributed by atoms with Crippen LogP contribution in [-0.4, -0.2) is 48.5 Å². The predicted molar refractivity (Wildman–Crippen MR) is 133 cm³/mol. The number of nitrogens with one attached hydrogen (secondary N) is 1. The Morgan fingerprint density at radius 1 is 1.03 bits per heavy atom. The molecule has 1 N–H and O–H groups in total. The van der Waals surface area contributed by atoms with Gasteiger partial charge in [0.25, 0.3) is 0 Å². The molecule has 1 saturated carbocycles. The van der Waals surface area contributed by atoms with E-state index < -0.39 is 5.41 Å². The van der Waals surface area contributed by atoms with Gasteiger partial charge in [0, 0.05) is 27.2 Å². The van der Waals surface area contributed by atoms with E-state index in [0.29, 0.717) is 6.54 Å². The Morgan fingerprint density at radius 2 is 1.76 bits per heavy atom. The first-order valence-corrected chi connectivity index (χ1v) is 12.5. The lowest BCUT2D eigenvalue weighted by Crippen LogP contribution is -2.46. The van der Waals surface area contributed by atoms with Crippen LogP contribution in [0.5, 0.6) is 0 Å². The van der Waals surface area contributed by atoms with E-state index in [4.69, 9.17) is 9.97 Å². The Balaban J connectivity index is 1.60. The molecule has 1 saturated heterocycles. The highest BCUT2D eigenvalue weighted by Crippen LogP contribution is 2.41. The first-order chi connectivity index (χ1) is 15.9. The molecular formula is C27H39N5O. The predicted octanol–water partition coefficient (Wildman–Crippen LogP) is 4.53. The summed E-state index contributed by atoms with van der Waals surface area (Å²) in [5.74, 6) is 1.96. The lowest BCUT2D eigenvalue weighted by Gasteiger charge is -2.39. The van der Waals surface area contributed by atoms with Gasteiger partial charge in [-0.05, 0) is 44.7 Å². The second-order valence-electron chi connectivity index (χ2n) is 10.1. The van der Waals surface area contributed by atoms with Crippen LogP contribution < -0.4 is 10.2 Å². The smallest absolute Gasteiger partial charge is 0.233 e. The Bertz CT molecular complexity index is 943.